The van der Waals surface area contributed by atoms with Gasteiger partial charge in [0.25, 0.3) is 0 Å². The molecular weight excluding hydrogens is 438 g/mol. The molecule has 0 fully saturated rings. The highest BCUT2D eigenvalue weighted by Crippen LogP contribution is 2.29. The molecule has 1 heterocycles. The second-order valence-electron chi connectivity index (χ2n) is 8.11. The van der Waals surface area contributed by atoms with E-state index in [1.54, 1.807) is 24.3 Å². The Labute approximate surface area is 199 Å². The summed E-state index contributed by atoms with van der Waals surface area (Å²) in [4.78, 5) is 43.0. The molecule has 1 aliphatic rings. The molecule has 3 rings (SSSR count). The third kappa shape index (κ3) is 6.91. The number of hydrogen-bond acceptors (Lipinski definition) is 6. The van der Waals surface area contributed by atoms with Gasteiger partial charge in [0.15, 0.2) is 0 Å². The van der Waals surface area contributed by atoms with E-state index in [4.69, 9.17) is 0 Å². The van der Waals surface area contributed by atoms with Gasteiger partial charge in [-0.25, -0.2) is 4.79 Å². The van der Waals surface area contributed by atoms with Gasteiger partial charge in [0.05, 0.1) is 5.75 Å². The van der Waals surface area contributed by atoms with Crippen molar-refractivity contribution in [3.8, 4) is 0 Å². The number of thioether (sulfide) groups is 1. The van der Waals surface area contributed by atoms with E-state index in [1.807, 2.05) is 4.57 Å². The van der Waals surface area contributed by atoms with Crippen molar-refractivity contribution in [2.75, 3.05) is 36.0 Å². The van der Waals surface area contributed by atoms with Gasteiger partial charge in [0.2, 0.25) is 11.8 Å². The fourth-order valence-electron chi connectivity index (χ4n) is 4.10. The summed E-state index contributed by atoms with van der Waals surface area (Å²) in [5.41, 5.74) is 3.32. The van der Waals surface area contributed by atoms with Crippen LogP contribution in [-0.2, 0) is 29.0 Å². The van der Waals surface area contributed by atoms with Crippen LogP contribution < -0.4 is 16.3 Å². The predicted molar refractivity (Wildman–Crippen MR) is 133 cm³/mol. The average molecular weight is 472 g/mol. The Balaban J connectivity index is 1.60. The van der Waals surface area contributed by atoms with Crippen LogP contribution in [-0.4, -0.2) is 51.7 Å². The van der Waals surface area contributed by atoms with E-state index >= 15 is 0 Å². The molecule has 178 valence electrons. The Morgan fingerprint density at radius 1 is 1.09 bits per heavy atom. The molecule has 1 aliphatic carbocycles. The number of aromatic nitrogens is 2. The second kappa shape index (κ2) is 12.0. The molecule has 9 heteroatoms. The van der Waals surface area contributed by atoms with Crippen LogP contribution in [0.1, 0.15) is 44.9 Å². The zero-order chi connectivity index (χ0) is 23.8. The van der Waals surface area contributed by atoms with Crippen LogP contribution in [0.25, 0.3) is 0 Å². The van der Waals surface area contributed by atoms with E-state index in [0.717, 1.165) is 56.6 Å². The van der Waals surface area contributed by atoms with E-state index in [9.17, 15) is 14.4 Å². The maximum Gasteiger partial charge on any atom is 0.348 e. The SMILES string of the molecule is CCN(CC)CCCn1c2c(c(SCC(=O)Nc3ccc(NC(C)=O)cc3)nc1=O)CCC2. The maximum atomic E-state index is 12.8. The molecule has 0 saturated carbocycles. The topological polar surface area (TPSA) is 96.3 Å². The first kappa shape index (κ1) is 25.0. The quantitative estimate of drug-likeness (QED) is 0.386. The Hall–Kier alpha value is -2.65. The van der Waals surface area contributed by atoms with Crippen LogP contribution >= 0.6 is 11.8 Å². The van der Waals surface area contributed by atoms with Crippen LogP contribution in [0.5, 0.6) is 0 Å². The Morgan fingerprint density at radius 2 is 1.76 bits per heavy atom. The predicted octanol–water partition coefficient (Wildman–Crippen LogP) is 3.15. The Bertz CT molecular complexity index is 1030. The van der Waals surface area contributed by atoms with E-state index in [0.29, 0.717) is 22.9 Å². The number of nitrogens with zero attached hydrogens (tertiary/aromatic N) is 3. The van der Waals surface area contributed by atoms with Crippen LogP contribution in [0, 0.1) is 0 Å². The van der Waals surface area contributed by atoms with Crippen LogP contribution in [0.3, 0.4) is 0 Å². The fraction of sp³-hybridized carbons (Fsp3) is 0.500. The van der Waals surface area contributed by atoms with Crippen LogP contribution in [0.4, 0.5) is 11.4 Å². The minimum Gasteiger partial charge on any atom is -0.326 e. The molecule has 1 aromatic heterocycles. The van der Waals surface area contributed by atoms with Gasteiger partial charge >= 0.3 is 5.69 Å². The van der Waals surface area contributed by atoms with Crippen molar-refractivity contribution < 1.29 is 9.59 Å². The summed E-state index contributed by atoms with van der Waals surface area (Å²) in [6.45, 7) is 9.43. The molecule has 0 bridgehead atoms. The summed E-state index contributed by atoms with van der Waals surface area (Å²) in [7, 11) is 0. The lowest BCUT2D eigenvalue weighted by molar-refractivity contribution is -0.114. The van der Waals surface area contributed by atoms with E-state index in [2.05, 4.69) is 34.4 Å². The van der Waals surface area contributed by atoms with E-state index in [-0.39, 0.29) is 23.3 Å². The lowest BCUT2D eigenvalue weighted by Gasteiger charge is -2.19. The van der Waals surface area contributed by atoms with Crippen LogP contribution in [0.15, 0.2) is 34.1 Å². The third-order valence-electron chi connectivity index (χ3n) is 5.78. The van der Waals surface area contributed by atoms with Crippen molar-refractivity contribution in [3.05, 3.63) is 46.0 Å². The van der Waals surface area contributed by atoms with Gasteiger partial charge in [-0.15, -0.1) is 0 Å². The summed E-state index contributed by atoms with van der Waals surface area (Å²) in [6.07, 6.45) is 3.72. The summed E-state index contributed by atoms with van der Waals surface area (Å²) in [6, 6.07) is 6.95. The first-order valence-corrected chi connectivity index (χ1v) is 12.5. The smallest absolute Gasteiger partial charge is 0.326 e. The number of hydrogen-bond donors (Lipinski definition) is 2. The van der Waals surface area contributed by atoms with Gasteiger partial charge in [-0.05, 0) is 69.6 Å². The number of benzene rings is 1. The average Bonchev–Trinajstić information content (AvgIpc) is 3.27. The van der Waals surface area contributed by atoms with E-state index < -0.39 is 0 Å². The van der Waals surface area contributed by atoms with Gasteiger partial charge in [0.1, 0.15) is 5.03 Å². The van der Waals surface area contributed by atoms with Gasteiger partial charge < -0.3 is 15.5 Å². The number of amides is 2. The largest absolute Gasteiger partial charge is 0.348 e. The molecule has 0 unspecified atom stereocenters. The number of rotatable bonds is 11. The Morgan fingerprint density at radius 3 is 2.39 bits per heavy atom. The van der Waals surface area contributed by atoms with Crippen LogP contribution in [0.2, 0.25) is 0 Å². The van der Waals surface area contributed by atoms with Crippen molar-refractivity contribution in [1.29, 1.82) is 0 Å². The number of carbonyl (C=O) groups is 2. The number of carbonyl (C=O) groups excluding carboxylic acids is 2. The first-order chi connectivity index (χ1) is 15.9. The molecule has 2 aromatic rings. The van der Waals surface area contributed by atoms with E-state index in [1.165, 1.54) is 18.7 Å². The molecular formula is C24H33N5O3S. The first-order valence-electron chi connectivity index (χ1n) is 11.6. The standard InChI is InChI=1S/C24H33N5O3S/c1-4-28(5-2)14-7-15-29-21-9-6-8-20(21)23(27-24(29)32)33-16-22(31)26-19-12-10-18(11-13-19)25-17(3)30/h10-13H,4-9,14-16H2,1-3H3,(H,25,30)(H,26,31). The monoisotopic (exact) mass is 471 g/mol. The molecule has 0 spiro atoms. The molecule has 33 heavy (non-hydrogen) atoms. The molecule has 0 radical (unpaired) electrons. The summed E-state index contributed by atoms with van der Waals surface area (Å²) < 4.78 is 1.84. The third-order valence-corrected chi connectivity index (χ3v) is 6.80. The molecule has 0 saturated heterocycles. The summed E-state index contributed by atoms with van der Waals surface area (Å²) in [5, 5.41) is 6.22. The zero-order valence-electron chi connectivity index (χ0n) is 19.6. The van der Waals surface area contributed by atoms with Crippen molar-refractivity contribution in [1.82, 2.24) is 14.5 Å². The van der Waals surface area contributed by atoms with Crippen molar-refractivity contribution >= 4 is 35.0 Å². The molecule has 0 aliphatic heterocycles. The maximum absolute atomic E-state index is 12.8. The second-order valence-corrected chi connectivity index (χ2v) is 9.07. The fourth-order valence-corrected chi connectivity index (χ4v) is 4.98. The zero-order valence-corrected chi connectivity index (χ0v) is 20.5. The number of nitrogens with one attached hydrogen (secondary N) is 2. The van der Waals surface area contributed by atoms with Gasteiger partial charge in [-0.3, -0.25) is 14.2 Å². The summed E-state index contributed by atoms with van der Waals surface area (Å²) >= 11 is 1.32. The highest BCUT2D eigenvalue weighted by molar-refractivity contribution is 8.00. The number of fused-ring (bicyclic) bond motifs is 1. The summed E-state index contributed by atoms with van der Waals surface area (Å²) in [5.74, 6) is -0.128. The molecule has 8 nitrogen and oxygen atoms in total. The Kier molecular flexibility index (Phi) is 9.08. The normalized spacial score (nSPS) is 12.6. The van der Waals surface area contributed by atoms with Crippen molar-refractivity contribution in [3.63, 3.8) is 0 Å². The highest BCUT2D eigenvalue weighted by Gasteiger charge is 2.22. The highest BCUT2D eigenvalue weighted by atomic mass is 32.2. The lowest BCUT2D eigenvalue weighted by Crippen LogP contribution is -2.30. The molecule has 2 amide bonds. The molecule has 1 aromatic carbocycles. The van der Waals surface area contributed by atoms with Gasteiger partial charge in [0, 0.05) is 36.1 Å². The van der Waals surface area contributed by atoms with Crippen molar-refractivity contribution in [2.45, 2.75) is 58.0 Å². The van der Waals surface area contributed by atoms with Gasteiger partial charge in [-0.2, -0.15) is 4.98 Å². The van der Waals surface area contributed by atoms with Gasteiger partial charge in [-0.1, -0.05) is 25.6 Å². The number of anilines is 2. The molecule has 2 N–H and O–H groups in total. The van der Waals surface area contributed by atoms with Crippen molar-refractivity contribution in [2.24, 2.45) is 0 Å². The minimum absolute atomic E-state index is 0.144. The lowest BCUT2D eigenvalue weighted by atomic mass is 10.2. The molecule has 0 atom stereocenters. The minimum atomic E-state index is -0.216.